The summed E-state index contributed by atoms with van der Waals surface area (Å²) < 4.78 is 12.6. The van der Waals surface area contributed by atoms with Crippen molar-refractivity contribution in [2.75, 3.05) is 20.8 Å². The van der Waals surface area contributed by atoms with E-state index in [4.69, 9.17) is 9.47 Å². The Hall–Kier alpha value is -4.40. The van der Waals surface area contributed by atoms with Crippen molar-refractivity contribution < 1.29 is 19.1 Å². The second-order valence-electron chi connectivity index (χ2n) is 10.7. The van der Waals surface area contributed by atoms with Crippen LogP contribution in [-0.2, 0) is 22.6 Å². The van der Waals surface area contributed by atoms with Crippen LogP contribution < -0.4 is 14.8 Å². The predicted molar refractivity (Wildman–Crippen MR) is 159 cm³/mol. The molecule has 41 heavy (non-hydrogen) atoms. The van der Waals surface area contributed by atoms with Gasteiger partial charge in [-0.2, -0.15) is 0 Å². The van der Waals surface area contributed by atoms with Crippen LogP contribution in [0.3, 0.4) is 0 Å². The minimum Gasteiger partial charge on any atom is -0.493 e. The summed E-state index contributed by atoms with van der Waals surface area (Å²) in [6.45, 7) is 8.25. The summed E-state index contributed by atoms with van der Waals surface area (Å²) in [5.41, 5.74) is 3.83. The van der Waals surface area contributed by atoms with Gasteiger partial charge in [0.2, 0.25) is 11.8 Å². The zero-order valence-electron chi connectivity index (χ0n) is 24.7. The molecule has 1 atom stereocenters. The first-order valence-electron chi connectivity index (χ1n) is 13.8. The third-order valence-corrected chi connectivity index (χ3v) is 7.54. The normalized spacial score (nSPS) is 12.1. The molecule has 9 nitrogen and oxygen atoms in total. The molecule has 0 saturated heterocycles. The molecule has 0 spiro atoms. The predicted octanol–water partition coefficient (Wildman–Crippen LogP) is 4.87. The Balaban J connectivity index is 1.79. The highest BCUT2D eigenvalue weighted by Crippen LogP contribution is 2.33. The number of ether oxygens (including phenoxy) is 2. The van der Waals surface area contributed by atoms with E-state index >= 15 is 0 Å². The fourth-order valence-corrected chi connectivity index (χ4v) is 4.77. The molecule has 0 unspecified atom stereocenters. The van der Waals surface area contributed by atoms with Gasteiger partial charge in [0, 0.05) is 12.1 Å². The molecule has 9 heteroatoms. The van der Waals surface area contributed by atoms with Gasteiger partial charge in [0.15, 0.2) is 11.5 Å². The highest BCUT2D eigenvalue weighted by molar-refractivity contribution is 5.90. The second-order valence-corrected chi connectivity index (χ2v) is 10.7. The summed E-state index contributed by atoms with van der Waals surface area (Å²) in [6.07, 6.45) is 1.30. The zero-order valence-corrected chi connectivity index (χ0v) is 24.7. The van der Waals surface area contributed by atoms with Gasteiger partial charge in [0.05, 0.1) is 19.7 Å². The average Bonchev–Trinajstić information content (AvgIpc) is 3.37. The van der Waals surface area contributed by atoms with Gasteiger partial charge in [-0.05, 0) is 74.6 Å². The molecular weight excluding hydrogens is 518 g/mol. The summed E-state index contributed by atoms with van der Waals surface area (Å²) >= 11 is 0. The molecule has 1 N–H and O–H groups in total. The van der Waals surface area contributed by atoms with Crippen LogP contribution in [0.1, 0.15) is 49.9 Å². The number of hydrogen-bond donors (Lipinski definition) is 1. The summed E-state index contributed by atoms with van der Waals surface area (Å²) in [6, 6.07) is 20.0. The van der Waals surface area contributed by atoms with Crippen molar-refractivity contribution in [3.63, 3.8) is 0 Å². The van der Waals surface area contributed by atoms with Crippen LogP contribution in [-0.4, -0.2) is 58.0 Å². The molecule has 0 fully saturated rings. The smallest absolute Gasteiger partial charge is 0.247 e. The van der Waals surface area contributed by atoms with E-state index in [-0.39, 0.29) is 18.4 Å². The molecule has 4 aromatic rings. The van der Waals surface area contributed by atoms with Crippen LogP contribution >= 0.6 is 0 Å². The van der Waals surface area contributed by atoms with Gasteiger partial charge in [-0.15, -0.1) is 5.10 Å². The van der Waals surface area contributed by atoms with E-state index in [9.17, 15) is 9.59 Å². The number of rotatable bonds is 12. The Morgan fingerprint density at radius 2 is 1.71 bits per heavy atom. The molecule has 0 radical (unpaired) electrons. The van der Waals surface area contributed by atoms with E-state index in [0.717, 1.165) is 23.1 Å². The molecule has 0 aliphatic rings. The minimum atomic E-state index is -0.924. The lowest BCUT2D eigenvalue weighted by Crippen LogP contribution is -2.51. The Morgan fingerprint density at radius 3 is 2.41 bits per heavy atom. The summed E-state index contributed by atoms with van der Waals surface area (Å²) in [4.78, 5) is 29.9. The standard InChI is InChI=1S/C32H39N5O4/c1-7-32(3,4)33-31(39)30(24-16-17-27(40-5)28(20-24)41-6)36(19-18-23-13-9-8-12-22(23)2)29(38)21-37-26-15-11-10-14-25(26)34-35-37/h8-17,20,30H,7,18-19,21H2,1-6H3,(H,33,39)/t30-/m0/s1. The van der Waals surface area contributed by atoms with E-state index in [2.05, 4.69) is 21.7 Å². The summed E-state index contributed by atoms with van der Waals surface area (Å²) in [7, 11) is 3.11. The molecule has 0 aliphatic carbocycles. The van der Waals surface area contributed by atoms with Gasteiger partial charge in [-0.3, -0.25) is 9.59 Å². The molecule has 2 amide bonds. The van der Waals surface area contributed by atoms with Crippen LogP contribution in [0.25, 0.3) is 11.0 Å². The van der Waals surface area contributed by atoms with Crippen molar-refractivity contribution in [1.29, 1.82) is 0 Å². The number of aromatic nitrogens is 3. The number of carbonyl (C=O) groups is 2. The molecule has 0 bridgehead atoms. The molecule has 3 aromatic carbocycles. The Labute approximate surface area is 241 Å². The van der Waals surface area contributed by atoms with Crippen LogP contribution in [0.2, 0.25) is 0 Å². The Kier molecular flexibility index (Phi) is 9.27. The molecule has 216 valence electrons. The maximum atomic E-state index is 14.2. The number of nitrogens with one attached hydrogen (secondary N) is 1. The number of carbonyl (C=O) groups excluding carboxylic acids is 2. The number of nitrogens with zero attached hydrogens (tertiary/aromatic N) is 4. The summed E-state index contributed by atoms with van der Waals surface area (Å²) in [5.74, 6) is 0.492. The van der Waals surface area contributed by atoms with Gasteiger partial charge < -0.3 is 19.7 Å². The Bertz CT molecular complexity index is 1510. The molecule has 0 aliphatic heterocycles. The topological polar surface area (TPSA) is 98.6 Å². The van der Waals surface area contributed by atoms with Gasteiger partial charge in [-0.25, -0.2) is 4.68 Å². The van der Waals surface area contributed by atoms with Crippen molar-refractivity contribution in [2.24, 2.45) is 0 Å². The van der Waals surface area contributed by atoms with Crippen molar-refractivity contribution in [3.8, 4) is 11.5 Å². The maximum absolute atomic E-state index is 14.2. The fourth-order valence-electron chi connectivity index (χ4n) is 4.77. The van der Waals surface area contributed by atoms with Crippen molar-refractivity contribution in [1.82, 2.24) is 25.2 Å². The lowest BCUT2D eigenvalue weighted by Gasteiger charge is -2.35. The van der Waals surface area contributed by atoms with Crippen molar-refractivity contribution in [3.05, 3.63) is 83.4 Å². The van der Waals surface area contributed by atoms with Crippen LogP contribution in [0.15, 0.2) is 66.7 Å². The monoisotopic (exact) mass is 557 g/mol. The van der Waals surface area contributed by atoms with E-state index in [1.165, 1.54) is 0 Å². The van der Waals surface area contributed by atoms with Crippen LogP contribution in [0.5, 0.6) is 11.5 Å². The SMILES string of the molecule is CCC(C)(C)NC(=O)[C@H](c1ccc(OC)c(OC)c1)N(CCc1ccccc1C)C(=O)Cn1nnc2ccccc21. The van der Waals surface area contributed by atoms with Gasteiger partial charge in [0.25, 0.3) is 0 Å². The highest BCUT2D eigenvalue weighted by atomic mass is 16.5. The maximum Gasteiger partial charge on any atom is 0.247 e. The van der Waals surface area contributed by atoms with E-state index < -0.39 is 11.6 Å². The quantitative estimate of drug-likeness (QED) is 0.267. The molecular formula is C32H39N5O4. The first-order chi connectivity index (χ1) is 19.7. The highest BCUT2D eigenvalue weighted by Gasteiger charge is 2.34. The zero-order chi connectivity index (χ0) is 29.6. The fraction of sp³-hybridized carbons (Fsp3) is 0.375. The average molecular weight is 558 g/mol. The van der Waals surface area contributed by atoms with Crippen molar-refractivity contribution >= 4 is 22.8 Å². The number of amides is 2. The Morgan fingerprint density at radius 1 is 1.00 bits per heavy atom. The molecule has 0 saturated carbocycles. The first kappa shape index (κ1) is 29.6. The van der Waals surface area contributed by atoms with Gasteiger partial charge >= 0.3 is 0 Å². The number of fused-ring (bicyclic) bond motifs is 1. The minimum absolute atomic E-state index is 0.0669. The van der Waals surface area contributed by atoms with Crippen LogP contribution in [0.4, 0.5) is 0 Å². The molecule has 1 aromatic heterocycles. The number of hydrogen-bond acceptors (Lipinski definition) is 6. The number of para-hydroxylation sites is 1. The lowest BCUT2D eigenvalue weighted by atomic mass is 9.97. The third kappa shape index (κ3) is 6.85. The number of methoxy groups -OCH3 is 2. The summed E-state index contributed by atoms with van der Waals surface area (Å²) in [5, 5.41) is 11.6. The van der Waals surface area contributed by atoms with Crippen LogP contribution in [0, 0.1) is 6.92 Å². The number of aryl methyl sites for hydroxylation is 1. The van der Waals surface area contributed by atoms with Gasteiger partial charge in [0.1, 0.15) is 18.1 Å². The van der Waals surface area contributed by atoms with E-state index in [1.807, 2.05) is 76.2 Å². The van der Waals surface area contributed by atoms with E-state index in [1.54, 1.807) is 35.9 Å². The third-order valence-electron chi connectivity index (χ3n) is 7.54. The molecule has 1 heterocycles. The van der Waals surface area contributed by atoms with Gasteiger partial charge in [-0.1, -0.05) is 54.6 Å². The molecule has 4 rings (SSSR count). The van der Waals surface area contributed by atoms with Crippen molar-refractivity contribution in [2.45, 2.75) is 58.7 Å². The second kappa shape index (κ2) is 12.8. The first-order valence-corrected chi connectivity index (χ1v) is 13.8. The largest absolute Gasteiger partial charge is 0.493 e. The lowest BCUT2D eigenvalue weighted by molar-refractivity contribution is -0.142. The number of benzene rings is 3. The van der Waals surface area contributed by atoms with E-state index in [0.29, 0.717) is 35.5 Å².